The minimum atomic E-state index is -0.984. The molecular formula is C5H9NO2S. The summed E-state index contributed by atoms with van der Waals surface area (Å²) in [7, 11) is 0. The van der Waals surface area contributed by atoms with E-state index in [9.17, 15) is 4.79 Å². The Kier molecular flexibility index (Phi) is 4.17. The zero-order valence-electron chi connectivity index (χ0n) is 4.91. The number of nitrogens with two attached hydrogens (primary N) is 1. The molecule has 0 fully saturated rings. The fraction of sp³-hybridized carbons (Fsp3) is 0.400. The highest BCUT2D eigenvalue weighted by Crippen LogP contribution is 2.04. The van der Waals surface area contributed by atoms with Crippen molar-refractivity contribution in [3.05, 3.63) is 12.7 Å². The van der Waals surface area contributed by atoms with E-state index in [0.29, 0.717) is 5.75 Å². The molecule has 0 aliphatic rings. The first-order valence-electron chi connectivity index (χ1n) is 2.39. The van der Waals surface area contributed by atoms with Gasteiger partial charge in [0, 0.05) is 5.75 Å². The normalized spacial score (nSPS) is 12.6. The lowest BCUT2D eigenvalue weighted by atomic mass is 10.7. The number of aliphatic carboxylic acids is 1. The first kappa shape index (κ1) is 8.52. The molecule has 0 aromatic carbocycles. The Labute approximate surface area is 57.9 Å². The summed E-state index contributed by atoms with van der Waals surface area (Å²) in [6.45, 7) is 3.42. The Morgan fingerprint density at radius 2 is 2.56 bits per heavy atom. The summed E-state index contributed by atoms with van der Waals surface area (Å²) in [6, 6.07) is 0. The molecule has 0 aromatic rings. The molecule has 0 aromatic heterocycles. The van der Waals surface area contributed by atoms with Gasteiger partial charge in [-0.3, -0.25) is 0 Å². The van der Waals surface area contributed by atoms with Gasteiger partial charge in [-0.05, 0) is 0 Å². The molecule has 3 N–H and O–H groups in total. The third-order valence-electron chi connectivity index (χ3n) is 0.637. The molecule has 0 spiro atoms. The van der Waals surface area contributed by atoms with Crippen molar-refractivity contribution in [1.29, 1.82) is 0 Å². The summed E-state index contributed by atoms with van der Waals surface area (Å²) in [5, 5.41) is 7.41. The molecule has 1 unspecified atom stereocenters. The van der Waals surface area contributed by atoms with E-state index in [1.807, 2.05) is 0 Å². The summed E-state index contributed by atoms with van der Waals surface area (Å²) in [6.07, 6.45) is 1.62. The van der Waals surface area contributed by atoms with Crippen LogP contribution in [0.5, 0.6) is 0 Å². The minimum Gasteiger partial charge on any atom is -0.479 e. The van der Waals surface area contributed by atoms with Crippen LogP contribution in [0, 0.1) is 0 Å². The lowest BCUT2D eigenvalue weighted by Gasteiger charge is -2.01. The van der Waals surface area contributed by atoms with Gasteiger partial charge in [0.2, 0.25) is 0 Å². The molecule has 0 heterocycles. The number of hydrogen-bond acceptors (Lipinski definition) is 3. The quantitative estimate of drug-likeness (QED) is 0.442. The molecule has 52 valence electrons. The molecule has 0 radical (unpaired) electrons. The molecule has 3 nitrogen and oxygen atoms in total. The third-order valence-corrected chi connectivity index (χ3v) is 1.63. The van der Waals surface area contributed by atoms with Gasteiger partial charge in [0.25, 0.3) is 0 Å². The highest BCUT2D eigenvalue weighted by Gasteiger charge is 2.08. The Bertz CT molecular complexity index is 116. The van der Waals surface area contributed by atoms with E-state index in [1.54, 1.807) is 6.08 Å². The second-order valence-electron chi connectivity index (χ2n) is 1.38. The van der Waals surface area contributed by atoms with Crippen LogP contribution in [0.1, 0.15) is 0 Å². The maximum atomic E-state index is 10.0. The van der Waals surface area contributed by atoms with Crippen LogP contribution in [-0.4, -0.2) is 22.2 Å². The van der Waals surface area contributed by atoms with E-state index in [4.69, 9.17) is 10.8 Å². The first-order chi connectivity index (χ1) is 4.18. The molecule has 0 rings (SSSR count). The molecule has 1 atom stereocenters. The van der Waals surface area contributed by atoms with Gasteiger partial charge in [-0.25, -0.2) is 4.79 Å². The highest BCUT2D eigenvalue weighted by molar-refractivity contribution is 8.00. The van der Waals surface area contributed by atoms with Gasteiger partial charge in [-0.2, -0.15) is 0 Å². The van der Waals surface area contributed by atoms with Crippen molar-refractivity contribution in [3.63, 3.8) is 0 Å². The zero-order chi connectivity index (χ0) is 7.28. The molecule has 0 saturated heterocycles. The van der Waals surface area contributed by atoms with Gasteiger partial charge in [-0.15, -0.1) is 18.3 Å². The predicted octanol–water partition coefficient (Wildman–Crippen LogP) is 0.275. The second kappa shape index (κ2) is 4.40. The molecule has 9 heavy (non-hydrogen) atoms. The third kappa shape index (κ3) is 4.05. The van der Waals surface area contributed by atoms with Crippen molar-refractivity contribution < 1.29 is 9.90 Å². The van der Waals surface area contributed by atoms with Gasteiger partial charge in [0.05, 0.1) is 0 Å². The first-order valence-corrected chi connectivity index (χ1v) is 3.44. The second-order valence-corrected chi connectivity index (χ2v) is 2.56. The monoisotopic (exact) mass is 147 g/mol. The van der Waals surface area contributed by atoms with Crippen LogP contribution < -0.4 is 5.73 Å². The zero-order valence-corrected chi connectivity index (χ0v) is 5.73. The molecule has 0 saturated carbocycles. The van der Waals surface area contributed by atoms with Gasteiger partial charge in [0.15, 0.2) is 5.37 Å². The maximum Gasteiger partial charge on any atom is 0.330 e. The number of carbonyl (C=O) groups is 1. The minimum absolute atomic E-state index is 0.577. The number of hydrogen-bond donors (Lipinski definition) is 2. The standard InChI is InChI=1S/C5H9NO2S/c1-2-3-9-4(6)5(7)8/h2,4H,1,3,6H2,(H,7,8). The summed E-state index contributed by atoms with van der Waals surface area (Å²) >= 11 is 1.14. The van der Waals surface area contributed by atoms with Crippen molar-refractivity contribution in [2.75, 3.05) is 5.75 Å². The molecular weight excluding hydrogens is 138 g/mol. The largest absolute Gasteiger partial charge is 0.479 e. The van der Waals surface area contributed by atoms with Gasteiger partial charge in [-0.1, -0.05) is 6.08 Å². The smallest absolute Gasteiger partial charge is 0.330 e. The van der Waals surface area contributed by atoms with Crippen LogP contribution in [0.4, 0.5) is 0 Å². The van der Waals surface area contributed by atoms with Gasteiger partial charge >= 0.3 is 5.97 Å². The number of rotatable bonds is 4. The SMILES string of the molecule is C=CCSC(N)C(=O)O. The summed E-state index contributed by atoms with van der Waals surface area (Å²) < 4.78 is 0. The number of carboxylic acids is 1. The van der Waals surface area contributed by atoms with Crippen LogP contribution in [-0.2, 0) is 4.79 Å². The van der Waals surface area contributed by atoms with E-state index < -0.39 is 11.3 Å². The Morgan fingerprint density at radius 1 is 2.00 bits per heavy atom. The molecule has 4 heteroatoms. The van der Waals surface area contributed by atoms with E-state index in [2.05, 4.69) is 6.58 Å². The van der Waals surface area contributed by atoms with Gasteiger partial charge < -0.3 is 10.8 Å². The number of thioether (sulfide) groups is 1. The van der Waals surface area contributed by atoms with Crippen molar-refractivity contribution in [3.8, 4) is 0 Å². The van der Waals surface area contributed by atoms with Crippen molar-refractivity contribution in [2.24, 2.45) is 5.73 Å². The fourth-order valence-corrected chi connectivity index (χ4v) is 0.729. The average molecular weight is 147 g/mol. The van der Waals surface area contributed by atoms with E-state index in [0.717, 1.165) is 11.8 Å². The van der Waals surface area contributed by atoms with Crippen LogP contribution >= 0.6 is 11.8 Å². The average Bonchev–Trinajstić information content (AvgIpc) is 1.82. The Balaban J connectivity index is 3.37. The fourth-order valence-electron chi connectivity index (χ4n) is 0.243. The molecule has 0 aliphatic carbocycles. The number of carboxylic acid groups (broad SMARTS) is 1. The summed E-state index contributed by atoms with van der Waals surface area (Å²) in [5.41, 5.74) is 5.12. The predicted molar refractivity (Wildman–Crippen MR) is 38.3 cm³/mol. The van der Waals surface area contributed by atoms with E-state index in [1.165, 1.54) is 0 Å². The van der Waals surface area contributed by atoms with Crippen LogP contribution in [0.25, 0.3) is 0 Å². The van der Waals surface area contributed by atoms with Gasteiger partial charge in [0.1, 0.15) is 0 Å². The molecule has 0 amide bonds. The Hall–Kier alpha value is -0.480. The van der Waals surface area contributed by atoms with Crippen molar-refractivity contribution >= 4 is 17.7 Å². The molecule has 0 aliphatic heterocycles. The summed E-state index contributed by atoms with van der Waals surface area (Å²) in [5.74, 6) is -0.408. The lowest BCUT2D eigenvalue weighted by Crippen LogP contribution is -2.26. The van der Waals surface area contributed by atoms with Crippen molar-refractivity contribution in [2.45, 2.75) is 5.37 Å². The maximum absolute atomic E-state index is 10.0. The van der Waals surface area contributed by atoms with E-state index >= 15 is 0 Å². The lowest BCUT2D eigenvalue weighted by molar-refractivity contribution is -0.136. The molecule has 0 bridgehead atoms. The van der Waals surface area contributed by atoms with E-state index in [-0.39, 0.29) is 0 Å². The van der Waals surface area contributed by atoms with Crippen LogP contribution in [0.15, 0.2) is 12.7 Å². The van der Waals surface area contributed by atoms with Crippen molar-refractivity contribution in [1.82, 2.24) is 0 Å². The Morgan fingerprint density at radius 3 is 2.89 bits per heavy atom. The summed E-state index contributed by atoms with van der Waals surface area (Å²) in [4.78, 5) is 10.0. The van der Waals surface area contributed by atoms with Crippen LogP contribution in [0.3, 0.4) is 0 Å². The van der Waals surface area contributed by atoms with Crippen LogP contribution in [0.2, 0.25) is 0 Å². The highest BCUT2D eigenvalue weighted by atomic mass is 32.2. The topological polar surface area (TPSA) is 63.3 Å².